The average molecular weight is 490 g/mol. The zero-order valence-electron chi connectivity index (χ0n) is 19.1. The summed E-state index contributed by atoms with van der Waals surface area (Å²) in [6.07, 6.45) is 4.98. The molecule has 1 N–H and O–H groups in total. The molecule has 178 valence electrons. The standard InChI is InChI=1S/C26H23N3O5S/c1-19-12-14-21(15-13-19)35(31,32)34-25-20(8-7-11-24(25)33-2)18-27-28-26(30)22-9-3-4-10-23(22)29-16-5-6-17-29/h3-18H,1-2H3,(H,28,30). The van der Waals surface area contributed by atoms with Gasteiger partial charge in [0, 0.05) is 18.0 Å². The smallest absolute Gasteiger partial charge is 0.339 e. The van der Waals surface area contributed by atoms with E-state index in [4.69, 9.17) is 8.92 Å². The van der Waals surface area contributed by atoms with Gasteiger partial charge in [-0.1, -0.05) is 35.9 Å². The van der Waals surface area contributed by atoms with Crippen LogP contribution in [-0.4, -0.2) is 32.2 Å². The topological polar surface area (TPSA) is 99.0 Å². The highest BCUT2D eigenvalue weighted by molar-refractivity contribution is 7.87. The number of nitrogens with zero attached hydrogens (tertiary/aromatic N) is 2. The number of aryl methyl sites for hydroxylation is 1. The third-order valence-electron chi connectivity index (χ3n) is 5.13. The third kappa shape index (κ3) is 5.42. The van der Waals surface area contributed by atoms with Crippen LogP contribution >= 0.6 is 0 Å². The van der Waals surface area contributed by atoms with E-state index < -0.39 is 16.0 Å². The highest BCUT2D eigenvalue weighted by atomic mass is 32.2. The van der Waals surface area contributed by atoms with Crippen molar-refractivity contribution in [1.82, 2.24) is 9.99 Å². The Labute approximate surface area is 203 Å². The molecule has 0 spiro atoms. The molecule has 1 heterocycles. The molecule has 1 aromatic heterocycles. The van der Waals surface area contributed by atoms with E-state index in [1.165, 1.54) is 25.5 Å². The molecule has 3 aromatic carbocycles. The Hall–Kier alpha value is -4.37. The maximum Gasteiger partial charge on any atom is 0.339 e. The van der Waals surface area contributed by atoms with Gasteiger partial charge in [-0.25, -0.2) is 5.43 Å². The third-order valence-corrected chi connectivity index (χ3v) is 6.37. The molecule has 0 bridgehead atoms. The summed E-state index contributed by atoms with van der Waals surface area (Å²) in [4.78, 5) is 12.8. The van der Waals surface area contributed by atoms with Crippen LogP contribution in [0.4, 0.5) is 0 Å². The molecule has 8 nitrogen and oxygen atoms in total. The van der Waals surface area contributed by atoms with Gasteiger partial charge in [-0.05, 0) is 55.5 Å². The molecule has 0 unspecified atom stereocenters. The average Bonchev–Trinajstić information content (AvgIpc) is 3.40. The second kappa shape index (κ2) is 10.3. The number of hydrogen-bond donors (Lipinski definition) is 1. The second-order valence-electron chi connectivity index (χ2n) is 7.54. The molecule has 0 fully saturated rings. The largest absolute Gasteiger partial charge is 0.493 e. The van der Waals surface area contributed by atoms with Gasteiger partial charge in [0.15, 0.2) is 11.5 Å². The summed E-state index contributed by atoms with van der Waals surface area (Å²) in [5.74, 6) is -0.265. The number of nitrogens with one attached hydrogen (secondary N) is 1. The maximum absolute atomic E-state index is 12.9. The van der Waals surface area contributed by atoms with E-state index in [1.807, 2.05) is 48.1 Å². The van der Waals surface area contributed by atoms with E-state index in [2.05, 4.69) is 10.5 Å². The van der Waals surface area contributed by atoms with Gasteiger partial charge in [0.1, 0.15) is 4.90 Å². The van der Waals surface area contributed by atoms with Crippen molar-refractivity contribution in [3.63, 3.8) is 0 Å². The van der Waals surface area contributed by atoms with Crippen LogP contribution in [0.25, 0.3) is 5.69 Å². The molecule has 4 rings (SSSR count). The van der Waals surface area contributed by atoms with Crippen LogP contribution < -0.4 is 14.3 Å². The summed E-state index contributed by atoms with van der Waals surface area (Å²) in [6.45, 7) is 1.86. The minimum Gasteiger partial charge on any atom is -0.493 e. The van der Waals surface area contributed by atoms with E-state index in [0.717, 1.165) is 5.56 Å². The molecular weight excluding hydrogens is 466 g/mol. The number of aromatic nitrogens is 1. The number of carbonyl (C=O) groups is 1. The normalized spacial score (nSPS) is 11.4. The van der Waals surface area contributed by atoms with Crippen molar-refractivity contribution in [3.8, 4) is 17.2 Å². The van der Waals surface area contributed by atoms with E-state index >= 15 is 0 Å². The van der Waals surface area contributed by atoms with Crippen LogP contribution in [0.15, 0.2) is 101 Å². The van der Waals surface area contributed by atoms with Gasteiger partial charge in [0.25, 0.3) is 5.91 Å². The number of carbonyl (C=O) groups excluding carboxylic acids is 1. The summed E-state index contributed by atoms with van der Waals surface area (Å²) in [5.41, 5.74) is 4.83. The van der Waals surface area contributed by atoms with Gasteiger partial charge < -0.3 is 13.5 Å². The zero-order valence-corrected chi connectivity index (χ0v) is 19.9. The highest BCUT2D eigenvalue weighted by Gasteiger charge is 2.21. The molecule has 4 aromatic rings. The second-order valence-corrected chi connectivity index (χ2v) is 9.08. The highest BCUT2D eigenvalue weighted by Crippen LogP contribution is 2.32. The van der Waals surface area contributed by atoms with E-state index in [1.54, 1.807) is 42.5 Å². The lowest BCUT2D eigenvalue weighted by Crippen LogP contribution is -2.19. The predicted octanol–water partition coefficient (Wildman–Crippen LogP) is 4.33. The van der Waals surface area contributed by atoms with Crippen molar-refractivity contribution < 1.29 is 22.1 Å². The van der Waals surface area contributed by atoms with Gasteiger partial charge in [-0.3, -0.25) is 4.79 Å². The molecule has 9 heteroatoms. The Morgan fingerprint density at radius 3 is 2.37 bits per heavy atom. The summed E-state index contributed by atoms with van der Waals surface area (Å²) in [7, 11) is -2.73. The molecule has 0 aliphatic carbocycles. The Balaban J connectivity index is 1.58. The fourth-order valence-electron chi connectivity index (χ4n) is 3.35. The first-order valence-corrected chi connectivity index (χ1v) is 12.0. The van der Waals surface area contributed by atoms with Crippen molar-refractivity contribution in [2.45, 2.75) is 11.8 Å². The first-order valence-electron chi connectivity index (χ1n) is 10.6. The molecular formula is C26H23N3O5S. The number of methoxy groups -OCH3 is 1. The van der Waals surface area contributed by atoms with E-state index in [9.17, 15) is 13.2 Å². The van der Waals surface area contributed by atoms with Crippen molar-refractivity contribution in [2.75, 3.05) is 7.11 Å². The zero-order chi connectivity index (χ0) is 24.8. The van der Waals surface area contributed by atoms with Crippen molar-refractivity contribution in [2.24, 2.45) is 5.10 Å². The summed E-state index contributed by atoms with van der Waals surface area (Å²) in [6, 6.07) is 22.0. The van der Waals surface area contributed by atoms with Crippen LogP contribution in [0, 0.1) is 6.92 Å². The SMILES string of the molecule is COc1cccc(C=NNC(=O)c2ccccc2-n2cccc2)c1OS(=O)(=O)c1ccc(C)cc1. The predicted molar refractivity (Wildman–Crippen MR) is 133 cm³/mol. The molecule has 0 saturated heterocycles. The number of para-hydroxylation sites is 2. The van der Waals surface area contributed by atoms with Crippen molar-refractivity contribution in [3.05, 3.63) is 108 Å². The number of ether oxygens (including phenoxy) is 1. The minimum atomic E-state index is -4.13. The molecule has 0 saturated carbocycles. The molecule has 0 aliphatic heterocycles. The summed E-state index contributed by atoms with van der Waals surface area (Å²) >= 11 is 0. The van der Waals surface area contributed by atoms with Gasteiger partial charge in [0.2, 0.25) is 0 Å². The van der Waals surface area contributed by atoms with Gasteiger partial charge in [0.05, 0.1) is 24.6 Å². The van der Waals surface area contributed by atoms with Gasteiger partial charge in [-0.15, -0.1) is 0 Å². The van der Waals surface area contributed by atoms with Crippen LogP contribution in [0.1, 0.15) is 21.5 Å². The van der Waals surface area contributed by atoms with Crippen LogP contribution in [0.2, 0.25) is 0 Å². The molecule has 0 atom stereocenters. The Kier molecular flexibility index (Phi) is 6.98. The molecule has 1 amide bonds. The number of rotatable bonds is 8. The summed E-state index contributed by atoms with van der Waals surface area (Å²) < 4.78 is 38.3. The van der Waals surface area contributed by atoms with Crippen LogP contribution in [-0.2, 0) is 10.1 Å². The van der Waals surface area contributed by atoms with Crippen LogP contribution in [0.5, 0.6) is 11.5 Å². The van der Waals surface area contributed by atoms with E-state index in [0.29, 0.717) is 16.8 Å². The number of hydrazone groups is 1. The lowest BCUT2D eigenvalue weighted by molar-refractivity contribution is 0.0955. The lowest BCUT2D eigenvalue weighted by atomic mass is 10.1. The number of benzene rings is 3. The van der Waals surface area contributed by atoms with E-state index in [-0.39, 0.29) is 16.4 Å². The molecule has 0 aliphatic rings. The van der Waals surface area contributed by atoms with Gasteiger partial charge in [-0.2, -0.15) is 13.5 Å². The number of hydrogen-bond acceptors (Lipinski definition) is 6. The molecule has 0 radical (unpaired) electrons. The Morgan fingerprint density at radius 1 is 0.943 bits per heavy atom. The Bertz CT molecular complexity index is 1460. The maximum atomic E-state index is 12.9. The molecule has 35 heavy (non-hydrogen) atoms. The quantitative estimate of drug-likeness (QED) is 0.226. The van der Waals surface area contributed by atoms with Gasteiger partial charge >= 0.3 is 10.1 Å². The Morgan fingerprint density at radius 2 is 1.66 bits per heavy atom. The minimum absolute atomic E-state index is 0.00631. The van der Waals surface area contributed by atoms with Crippen molar-refractivity contribution in [1.29, 1.82) is 0 Å². The first kappa shape index (κ1) is 23.8. The van der Waals surface area contributed by atoms with Crippen LogP contribution in [0.3, 0.4) is 0 Å². The number of amides is 1. The summed E-state index contributed by atoms with van der Waals surface area (Å²) in [5, 5.41) is 4.03. The fourth-order valence-corrected chi connectivity index (χ4v) is 4.32. The fraction of sp³-hybridized carbons (Fsp3) is 0.0769. The first-order chi connectivity index (χ1) is 16.9. The lowest BCUT2D eigenvalue weighted by Gasteiger charge is -2.13. The monoisotopic (exact) mass is 489 g/mol. The van der Waals surface area contributed by atoms with Crippen molar-refractivity contribution >= 4 is 22.2 Å².